The van der Waals surface area contributed by atoms with Crippen LogP contribution in [-0.4, -0.2) is 37.6 Å². The molecule has 2 unspecified atom stereocenters. The van der Waals surface area contributed by atoms with Crippen molar-refractivity contribution in [2.45, 2.75) is 32.4 Å². The maximum atomic E-state index is 14.0. The fraction of sp³-hybridized carbons (Fsp3) is 0.600. The summed E-state index contributed by atoms with van der Waals surface area (Å²) in [5.41, 5.74) is 0.518. The van der Waals surface area contributed by atoms with Crippen molar-refractivity contribution in [1.29, 1.82) is 0 Å². The lowest BCUT2D eigenvalue weighted by atomic mass is 9.96. The van der Waals surface area contributed by atoms with Crippen LogP contribution in [-0.2, 0) is 0 Å². The molecule has 2 nitrogen and oxygen atoms in total. The van der Waals surface area contributed by atoms with Gasteiger partial charge in [0.1, 0.15) is 11.6 Å². The van der Waals surface area contributed by atoms with Gasteiger partial charge in [-0.3, -0.25) is 0 Å². The molecule has 1 aromatic rings. The van der Waals surface area contributed by atoms with Crippen LogP contribution < -0.4 is 4.90 Å². The largest absolute Gasteiger partial charge is 0.364 e. The van der Waals surface area contributed by atoms with Crippen LogP contribution in [0.2, 0.25) is 0 Å². The van der Waals surface area contributed by atoms with E-state index < -0.39 is 11.6 Å². The molecule has 0 amide bonds. The molecule has 2 rings (SSSR count). The number of anilines is 1. The molecular formula is C15H22F2N2. The lowest BCUT2D eigenvalue weighted by Crippen LogP contribution is -2.45. The van der Waals surface area contributed by atoms with Crippen LogP contribution in [0.3, 0.4) is 0 Å². The molecule has 1 aliphatic heterocycles. The highest BCUT2D eigenvalue weighted by atomic mass is 19.1. The average molecular weight is 268 g/mol. The van der Waals surface area contributed by atoms with Crippen molar-refractivity contribution < 1.29 is 8.78 Å². The van der Waals surface area contributed by atoms with Gasteiger partial charge in [-0.05, 0) is 38.6 Å². The summed E-state index contributed by atoms with van der Waals surface area (Å²) in [6, 6.07) is 4.52. The van der Waals surface area contributed by atoms with Crippen molar-refractivity contribution in [2.24, 2.45) is 5.92 Å². The smallest absolute Gasteiger partial charge is 0.149 e. The van der Waals surface area contributed by atoms with Gasteiger partial charge in [-0.25, -0.2) is 8.78 Å². The van der Waals surface area contributed by atoms with E-state index in [1.807, 2.05) is 0 Å². The van der Waals surface area contributed by atoms with Crippen LogP contribution >= 0.6 is 0 Å². The topological polar surface area (TPSA) is 6.48 Å². The van der Waals surface area contributed by atoms with Gasteiger partial charge in [0, 0.05) is 24.7 Å². The third-order valence-electron chi connectivity index (χ3n) is 3.99. The van der Waals surface area contributed by atoms with E-state index >= 15 is 0 Å². The van der Waals surface area contributed by atoms with Gasteiger partial charge < -0.3 is 9.80 Å². The first-order valence-electron chi connectivity index (χ1n) is 6.80. The SMILES string of the molecule is CC(C)C1C(N(C)C)CCN1c1ccc(F)cc1F. The fourth-order valence-electron chi connectivity index (χ4n) is 3.16. The van der Waals surface area contributed by atoms with Crippen molar-refractivity contribution in [1.82, 2.24) is 4.90 Å². The van der Waals surface area contributed by atoms with Gasteiger partial charge in [-0.15, -0.1) is 0 Å². The molecule has 0 spiro atoms. The number of rotatable bonds is 3. The van der Waals surface area contributed by atoms with Gasteiger partial charge in [0.15, 0.2) is 0 Å². The number of likely N-dealkylation sites (N-methyl/N-ethyl adjacent to an activating group) is 1. The van der Waals surface area contributed by atoms with Crippen LogP contribution in [0.4, 0.5) is 14.5 Å². The van der Waals surface area contributed by atoms with Crippen molar-refractivity contribution in [3.05, 3.63) is 29.8 Å². The minimum Gasteiger partial charge on any atom is -0.364 e. The quantitative estimate of drug-likeness (QED) is 0.831. The van der Waals surface area contributed by atoms with Crippen LogP contribution in [0.25, 0.3) is 0 Å². The normalized spacial score (nSPS) is 23.7. The number of hydrogen-bond donors (Lipinski definition) is 0. The molecule has 106 valence electrons. The Hall–Kier alpha value is -1.16. The Bertz CT molecular complexity index is 446. The van der Waals surface area contributed by atoms with Gasteiger partial charge in [-0.2, -0.15) is 0 Å². The fourth-order valence-corrected chi connectivity index (χ4v) is 3.16. The second-order valence-electron chi connectivity index (χ2n) is 5.84. The van der Waals surface area contributed by atoms with Crippen LogP contribution in [0.1, 0.15) is 20.3 Å². The number of nitrogens with zero attached hydrogens (tertiary/aromatic N) is 2. The minimum absolute atomic E-state index is 0.259. The molecule has 0 N–H and O–H groups in total. The van der Waals surface area contributed by atoms with Crippen molar-refractivity contribution >= 4 is 5.69 Å². The standard InChI is InChI=1S/C15H22F2N2/c1-10(2)15-14(18(3)4)7-8-19(15)13-6-5-11(16)9-12(13)17/h5-6,9-10,14-15H,7-8H2,1-4H3. The summed E-state index contributed by atoms with van der Waals surface area (Å²) < 4.78 is 27.0. The van der Waals surface area contributed by atoms with Crippen molar-refractivity contribution in [3.63, 3.8) is 0 Å². The summed E-state index contributed by atoms with van der Waals surface area (Å²) in [4.78, 5) is 4.29. The molecule has 0 saturated carbocycles. The predicted molar refractivity (Wildman–Crippen MR) is 74.4 cm³/mol. The van der Waals surface area contributed by atoms with Gasteiger partial charge in [0.05, 0.1) is 5.69 Å². The summed E-state index contributed by atoms with van der Waals surface area (Å²) in [5, 5.41) is 0. The van der Waals surface area contributed by atoms with Gasteiger partial charge >= 0.3 is 0 Å². The Kier molecular flexibility index (Phi) is 4.09. The Balaban J connectivity index is 2.33. The summed E-state index contributed by atoms with van der Waals surface area (Å²) in [5.74, 6) is -0.574. The van der Waals surface area contributed by atoms with E-state index in [2.05, 4.69) is 37.7 Å². The lowest BCUT2D eigenvalue weighted by Gasteiger charge is -2.35. The lowest BCUT2D eigenvalue weighted by molar-refractivity contribution is 0.246. The van der Waals surface area contributed by atoms with Crippen LogP contribution in [0.15, 0.2) is 18.2 Å². The van der Waals surface area contributed by atoms with Gasteiger partial charge in [0.2, 0.25) is 0 Å². The number of benzene rings is 1. The van der Waals surface area contributed by atoms with E-state index in [-0.39, 0.29) is 6.04 Å². The van der Waals surface area contributed by atoms with Gasteiger partial charge in [0.25, 0.3) is 0 Å². The number of halogens is 2. The van der Waals surface area contributed by atoms with E-state index in [9.17, 15) is 8.78 Å². The van der Waals surface area contributed by atoms with E-state index in [0.717, 1.165) is 19.0 Å². The van der Waals surface area contributed by atoms with Crippen LogP contribution in [0, 0.1) is 17.6 Å². The zero-order valence-electron chi connectivity index (χ0n) is 12.0. The Morgan fingerprint density at radius 2 is 1.95 bits per heavy atom. The minimum atomic E-state index is -0.522. The first kappa shape index (κ1) is 14.3. The van der Waals surface area contributed by atoms with Crippen molar-refractivity contribution in [2.75, 3.05) is 25.5 Å². The average Bonchev–Trinajstić information content (AvgIpc) is 2.73. The zero-order valence-corrected chi connectivity index (χ0v) is 12.0. The van der Waals surface area contributed by atoms with Crippen LogP contribution in [0.5, 0.6) is 0 Å². The predicted octanol–water partition coefficient (Wildman–Crippen LogP) is 3.13. The molecule has 1 saturated heterocycles. The summed E-state index contributed by atoms with van der Waals surface area (Å²) in [6.45, 7) is 5.12. The van der Waals surface area contributed by atoms with E-state index in [0.29, 0.717) is 17.6 Å². The molecule has 0 aromatic heterocycles. The number of hydrogen-bond acceptors (Lipinski definition) is 2. The molecule has 1 fully saturated rings. The molecule has 0 radical (unpaired) electrons. The molecule has 2 atom stereocenters. The molecule has 1 aliphatic rings. The summed E-state index contributed by atoms with van der Waals surface area (Å²) in [6.07, 6.45) is 1.01. The van der Waals surface area contributed by atoms with E-state index in [1.54, 1.807) is 6.07 Å². The first-order valence-corrected chi connectivity index (χ1v) is 6.80. The molecule has 0 aliphatic carbocycles. The second-order valence-corrected chi connectivity index (χ2v) is 5.84. The maximum Gasteiger partial charge on any atom is 0.149 e. The second kappa shape index (κ2) is 5.45. The molecular weight excluding hydrogens is 246 g/mol. The Morgan fingerprint density at radius 1 is 1.26 bits per heavy atom. The highest BCUT2D eigenvalue weighted by molar-refractivity contribution is 5.50. The molecule has 4 heteroatoms. The Labute approximate surface area is 114 Å². The Morgan fingerprint density at radius 3 is 2.47 bits per heavy atom. The van der Waals surface area contributed by atoms with E-state index in [4.69, 9.17) is 0 Å². The van der Waals surface area contributed by atoms with Crippen molar-refractivity contribution in [3.8, 4) is 0 Å². The highest BCUT2D eigenvalue weighted by Crippen LogP contribution is 2.33. The molecule has 1 aromatic carbocycles. The summed E-state index contributed by atoms with van der Waals surface area (Å²) >= 11 is 0. The highest BCUT2D eigenvalue weighted by Gasteiger charge is 2.38. The monoisotopic (exact) mass is 268 g/mol. The third kappa shape index (κ3) is 2.73. The maximum absolute atomic E-state index is 14.0. The third-order valence-corrected chi connectivity index (χ3v) is 3.99. The summed E-state index contributed by atoms with van der Waals surface area (Å²) in [7, 11) is 4.12. The van der Waals surface area contributed by atoms with Gasteiger partial charge in [-0.1, -0.05) is 13.8 Å². The van der Waals surface area contributed by atoms with E-state index in [1.165, 1.54) is 6.07 Å². The first-order chi connectivity index (χ1) is 8.91. The zero-order chi connectivity index (χ0) is 14.2. The molecule has 1 heterocycles. The molecule has 0 bridgehead atoms. The molecule has 19 heavy (non-hydrogen) atoms.